The molecule has 0 aliphatic rings. The molecule has 1 aromatic rings. The van der Waals surface area contributed by atoms with Gasteiger partial charge in [0.2, 0.25) is 0 Å². The fourth-order valence-electron chi connectivity index (χ4n) is 1.13. The average Bonchev–Trinajstić information content (AvgIpc) is 2.09. The Kier molecular flexibility index (Phi) is 3.25. The van der Waals surface area contributed by atoms with Crippen molar-refractivity contribution in [1.29, 1.82) is 0 Å². The molecular formula is C10H12BrClO. The third-order valence-electron chi connectivity index (χ3n) is 2.05. The van der Waals surface area contributed by atoms with Crippen molar-refractivity contribution in [1.82, 2.24) is 0 Å². The molecule has 1 N–H and O–H groups in total. The maximum Gasteiger partial charge on any atom is 0.137 e. The molecule has 0 fully saturated rings. The zero-order valence-electron chi connectivity index (χ0n) is 7.64. The maximum absolute atomic E-state index is 9.71. The molecular weight excluding hydrogens is 251 g/mol. The van der Waals surface area contributed by atoms with Gasteiger partial charge in [0, 0.05) is 16.3 Å². The number of alkyl halides is 1. The first-order valence-corrected chi connectivity index (χ1v) is 5.53. The van der Waals surface area contributed by atoms with Crippen LogP contribution in [0.2, 0.25) is 5.02 Å². The number of para-hydroxylation sites is 1. The van der Waals surface area contributed by atoms with Crippen molar-refractivity contribution >= 4 is 27.5 Å². The molecule has 3 heteroatoms. The Bertz CT molecular complexity index is 310. The van der Waals surface area contributed by atoms with Crippen LogP contribution in [0.1, 0.15) is 19.4 Å². The van der Waals surface area contributed by atoms with Crippen LogP contribution in [0.4, 0.5) is 0 Å². The third-order valence-corrected chi connectivity index (χ3v) is 3.76. The van der Waals surface area contributed by atoms with Gasteiger partial charge < -0.3 is 5.11 Å². The van der Waals surface area contributed by atoms with Gasteiger partial charge in [-0.05, 0) is 6.07 Å². The van der Waals surface area contributed by atoms with Gasteiger partial charge in [-0.25, -0.2) is 0 Å². The van der Waals surface area contributed by atoms with Gasteiger partial charge in [-0.15, -0.1) is 0 Å². The second-order valence-electron chi connectivity index (χ2n) is 3.65. The van der Waals surface area contributed by atoms with Crippen molar-refractivity contribution in [2.24, 2.45) is 0 Å². The Morgan fingerprint density at radius 3 is 2.62 bits per heavy atom. The molecule has 0 saturated carbocycles. The summed E-state index contributed by atoms with van der Waals surface area (Å²) in [6.07, 6.45) is 0. The van der Waals surface area contributed by atoms with E-state index in [1.165, 1.54) is 0 Å². The number of rotatable bonds is 2. The van der Waals surface area contributed by atoms with Crippen LogP contribution in [-0.4, -0.2) is 10.4 Å². The minimum absolute atomic E-state index is 0.102. The molecule has 0 radical (unpaired) electrons. The van der Waals surface area contributed by atoms with Crippen molar-refractivity contribution in [2.45, 2.75) is 19.3 Å². The summed E-state index contributed by atoms with van der Waals surface area (Å²) in [7, 11) is 0. The first-order valence-electron chi connectivity index (χ1n) is 4.03. The number of phenols is 1. The minimum atomic E-state index is -0.102. The first-order chi connectivity index (χ1) is 5.99. The van der Waals surface area contributed by atoms with Crippen LogP contribution in [0, 0.1) is 0 Å². The number of hydrogen-bond acceptors (Lipinski definition) is 1. The second kappa shape index (κ2) is 3.89. The van der Waals surface area contributed by atoms with E-state index < -0.39 is 0 Å². The standard InChI is InChI=1S/C10H12BrClO/c1-10(2,6-11)7-4-3-5-8(12)9(7)13/h3-5,13H,6H2,1-2H3. The third kappa shape index (κ3) is 2.18. The van der Waals surface area contributed by atoms with Gasteiger partial charge in [0.05, 0.1) is 5.02 Å². The summed E-state index contributed by atoms with van der Waals surface area (Å²) in [5.74, 6) is 0.189. The van der Waals surface area contributed by atoms with Gasteiger partial charge in [-0.1, -0.05) is 53.5 Å². The Morgan fingerprint density at radius 2 is 2.08 bits per heavy atom. The summed E-state index contributed by atoms with van der Waals surface area (Å²) in [6.45, 7) is 4.10. The SMILES string of the molecule is CC(C)(CBr)c1cccc(Cl)c1O. The summed E-state index contributed by atoms with van der Waals surface area (Å²) in [4.78, 5) is 0. The van der Waals surface area contributed by atoms with Crippen LogP contribution in [0.25, 0.3) is 0 Å². The Morgan fingerprint density at radius 1 is 1.46 bits per heavy atom. The highest BCUT2D eigenvalue weighted by molar-refractivity contribution is 9.09. The Labute approximate surface area is 91.9 Å². The topological polar surface area (TPSA) is 20.2 Å². The second-order valence-corrected chi connectivity index (χ2v) is 4.62. The molecule has 13 heavy (non-hydrogen) atoms. The summed E-state index contributed by atoms with van der Waals surface area (Å²) in [5, 5.41) is 10.9. The number of aromatic hydroxyl groups is 1. The number of halogens is 2. The molecule has 1 nitrogen and oxygen atoms in total. The number of hydrogen-bond donors (Lipinski definition) is 1. The van der Waals surface area contributed by atoms with Gasteiger partial charge in [0.15, 0.2) is 0 Å². The summed E-state index contributed by atoms with van der Waals surface area (Å²) in [5.41, 5.74) is 0.770. The number of benzene rings is 1. The lowest BCUT2D eigenvalue weighted by molar-refractivity contribution is 0.449. The molecule has 0 aromatic heterocycles. The van der Waals surface area contributed by atoms with Crippen LogP contribution < -0.4 is 0 Å². The molecule has 0 heterocycles. The van der Waals surface area contributed by atoms with Crippen LogP contribution in [0.15, 0.2) is 18.2 Å². The molecule has 0 bridgehead atoms. The molecule has 0 aliphatic carbocycles. The van der Waals surface area contributed by atoms with Crippen molar-refractivity contribution in [3.63, 3.8) is 0 Å². The normalized spacial score (nSPS) is 11.7. The van der Waals surface area contributed by atoms with E-state index in [1.54, 1.807) is 6.07 Å². The lowest BCUT2D eigenvalue weighted by atomic mass is 9.86. The van der Waals surface area contributed by atoms with Crippen LogP contribution >= 0.6 is 27.5 Å². The van der Waals surface area contributed by atoms with Crippen LogP contribution in [-0.2, 0) is 5.41 Å². The van der Waals surface area contributed by atoms with E-state index in [0.717, 1.165) is 10.9 Å². The molecule has 1 aromatic carbocycles. The van der Waals surface area contributed by atoms with Gasteiger partial charge >= 0.3 is 0 Å². The fraction of sp³-hybridized carbons (Fsp3) is 0.400. The van der Waals surface area contributed by atoms with Crippen LogP contribution in [0.5, 0.6) is 5.75 Å². The predicted octanol–water partition coefficient (Wildman–Crippen LogP) is 3.72. The molecule has 0 unspecified atom stereocenters. The Balaban J connectivity index is 3.22. The van der Waals surface area contributed by atoms with Gasteiger partial charge in [0.25, 0.3) is 0 Å². The van der Waals surface area contributed by atoms with Crippen LogP contribution in [0.3, 0.4) is 0 Å². The highest BCUT2D eigenvalue weighted by atomic mass is 79.9. The molecule has 0 saturated heterocycles. The molecule has 0 atom stereocenters. The van der Waals surface area contributed by atoms with E-state index in [-0.39, 0.29) is 11.2 Å². The highest BCUT2D eigenvalue weighted by Gasteiger charge is 2.23. The molecule has 0 aliphatic heterocycles. The van der Waals surface area contributed by atoms with Crippen molar-refractivity contribution in [3.05, 3.63) is 28.8 Å². The van der Waals surface area contributed by atoms with E-state index in [4.69, 9.17) is 11.6 Å². The zero-order chi connectivity index (χ0) is 10.1. The minimum Gasteiger partial charge on any atom is -0.506 e. The smallest absolute Gasteiger partial charge is 0.137 e. The van der Waals surface area contributed by atoms with E-state index in [2.05, 4.69) is 15.9 Å². The summed E-state index contributed by atoms with van der Waals surface area (Å²) >= 11 is 9.22. The Hall–Kier alpha value is -0.210. The monoisotopic (exact) mass is 262 g/mol. The van der Waals surface area contributed by atoms with E-state index in [9.17, 15) is 5.11 Å². The largest absolute Gasteiger partial charge is 0.506 e. The molecule has 0 spiro atoms. The molecule has 0 amide bonds. The summed E-state index contributed by atoms with van der Waals surface area (Å²) < 4.78 is 0. The predicted molar refractivity (Wildman–Crippen MR) is 59.9 cm³/mol. The maximum atomic E-state index is 9.71. The van der Waals surface area contributed by atoms with Gasteiger partial charge in [0.1, 0.15) is 5.75 Å². The van der Waals surface area contributed by atoms with E-state index in [0.29, 0.717) is 5.02 Å². The summed E-state index contributed by atoms with van der Waals surface area (Å²) in [6, 6.07) is 5.43. The fourth-order valence-corrected chi connectivity index (χ4v) is 1.61. The average molecular weight is 264 g/mol. The quantitative estimate of drug-likeness (QED) is 0.806. The zero-order valence-corrected chi connectivity index (χ0v) is 9.98. The lowest BCUT2D eigenvalue weighted by Crippen LogP contribution is -2.18. The molecule has 1 rings (SSSR count). The van der Waals surface area contributed by atoms with Crippen molar-refractivity contribution < 1.29 is 5.11 Å². The highest BCUT2D eigenvalue weighted by Crippen LogP contribution is 2.36. The van der Waals surface area contributed by atoms with E-state index in [1.807, 2.05) is 26.0 Å². The van der Waals surface area contributed by atoms with E-state index >= 15 is 0 Å². The van der Waals surface area contributed by atoms with Crippen molar-refractivity contribution in [2.75, 3.05) is 5.33 Å². The lowest BCUT2D eigenvalue weighted by Gasteiger charge is -2.23. The first kappa shape index (κ1) is 10.9. The molecule has 72 valence electrons. The van der Waals surface area contributed by atoms with Gasteiger partial charge in [-0.3, -0.25) is 0 Å². The van der Waals surface area contributed by atoms with Crippen molar-refractivity contribution in [3.8, 4) is 5.75 Å². The van der Waals surface area contributed by atoms with Gasteiger partial charge in [-0.2, -0.15) is 0 Å². The number of phenolic OH excluding ortho intramolecular Hbond substituents is 1.